The van der Waals surface area contributed by atoms with E-state index in [9.17, 15) is 18.8 Å². The number of pyridine rings is 1. The smallest absolute Gasteiger partial charge is 0.265 e. The van der Waals surface area contributed by atoms with Gasteiger partial charge in [-0.15, -0.1) is 11.3 Å². The number of ether oxygens (including phenoxy) is 1. The van der Waals surface area contributed by atoms with Crippen molar-refractivity contribution >= 4 is 51.9 Å². The van der Waals surface area contributed by atoms with Gasteiger partial charge in [-0.2, -0.15) is 0 Å². The summed E-state index contributed by atoms with van der Waals surface area (Å²) < 4.78 is 19.7. The molecule has 11 heteroatoms. The van der Waals surface area contributed by atoms with Crippen LogP contribution in [0, 0.1) is 11.2 Å². The van der Waals surface area contributed by atoms with Crippen LogP contribution in [-0.2, 0) is 11.2 Å². The Morgan fingerprint density at radius 3 is 2.42 bits per heavy atom. The van der Waals surface area contributed by atoms with E-state index >= 15 is 0 Å². The molecule has 2 saturated heterocycles. The van der Waals surface area contributed by atoms with Crippen LogP contribution in [0.25, 0.3) is 10.4 Å². The number of hydrogen-bond donors (Lipinski definition) is 2. The summed E-state index contributed by atoms with van der Waals surface area (Å²) in [5.74, 6) is -0.621. The van der Waals surface area contributed by atoms with Crippen molar-refractivity contribution in [2.45, 2.75) is 19.3 Å². The van der Waals surface area contributed by atoms with E-state index in [0.29, 0.717) is 40.5 Å². The molecule has 5 heterocycles. The molecule has 0 unspecified atom stereocenters. The van der Waals surface area contributed by atoms with Gasteiger partial charge in [-0.25, -0.2) is 9.37 Å². The Labute approximate surface area is 292 Å². The second kappa shape index (κ2) is 13.1. The highest BCUT2D eigenvalue weighted by atomic mass is 32.1. The number of halogens is 1. The Bertz CT molecular complexity index is 2100. The number of para-hydroxylation sites is 2. The first kappa shape index (κ1) is 31.9. The zero-order valence-corrected chi connectivity index (χ0v) is 28.0. The minimum absolute atomic E-state index is 0.126. The lowest BCUT2D eigenvalue weighted by atomic mass is 9.73. The molecule has 0 saturated carbocycles. The van der Waals surface area contributed by atoms with E-state index in [2.05, 4.69) is 20.5 Å². The average molecular weight is 688 g/mol. The third kappa shape index (κ3) is 6.03. The Morgan fingerprint density at radius 2 is 1.62 bits per heavy atom. The van der Waals surface area contributed by atoms with Crippen molar-refractivity contribution in [1.82, 2.24) is 4.98 Å². The van der Waals surface area contributed by atoms with Crippen molar-refractivity contribution in [3.63, 3.8) is 0 Å². The summed E-state index contributed by atoms with van der Waals surface area (Å²) in [6.45, 7) is 3.69. The molecule has 50 heavy (non-hydrogen) atoms. The summed E-state index contributed by atoms with van der Waals surface area (Å²) in [4.78, 5) is 50.3. The Morgan fingerprint density at radius 1 is 0.860 bits per heavy atom. The second-order valence-corrected chi connectivity index (χ2v) is 14.0. The molecule has 0 bridgehead atoms. The summed E-state index contributed by atoms with van der Waals surface area (Å²) in [6, 6.07) is 26.0. The molecule has 0 atom stereocenters. The van der Waals surface area contributed by atoms with Gasteiger partial charge in [0.15, 0.2) is 0 Å². The number of amides is 3. The molecule has 0 aliphatic carbocycles. The molecule has 0 radical (unpaired) electrons. The van der Waals surface area contributed by atoms with Gasteiger partial charge in [0.25, 0.3) is 17.7 Å². The van der Waals surface area contributed by atoms with E-state index in [1.54, 1.807) is 59.6 Å². The van der Waals surface area contributed by atoms with Gasteiger partial charge < -0.3 is 25.2 Å². The third-order valence-corrected chi connectivity index (χ3v) is 11.0. The van der Waals surface area contributed by atoms with Gasteiger partial charge in [-0.1, -0.05) is 30.3 Å². The van der Waals surface area contributed by atoms with E-state index in [0.717, 1.165) is 60.8 Å². The van der Waals surface area contributed by atoms with Crippen LogP contribution in [0.4, 0.5) is 27.3 Å². The monoisotopic (exact) mass is 687 g/mol. The molecule has 3 aliphatic heterocycles. The number of hydrogen-bond acceptors (Lipinski definition) is 7. The van der Waals surface area contributed by atoms with Crippen LogP contribution in [-0.4, -0.2) is 55.6 Å². The van der Waals surface area contributed by atoms with Gasteiger partial charge in [0, 0.05) is 66.2 Å². The number of carbonyl (C=O) groups excluding carboxylic acids is 3. The van der Waals surface area contributed by atoms with Crippen LogP contribution in [0.15, 0.2) is 97.2 Å². The molecule has 3 amide bonds. The number of anilines is 4. The zero-order valence-electron chi connectivity index (χ0n) is 27.2. The summed E-state index contributed by atoms with van der Waals surface area (Å²) in [7, 11) is 0. The molecule has 8 rings (SSSR count). The number of fused-ring (bicyclic) bond motifs is 3. The molecule has 252 valence electrons. The molecular weight excluding hydrogens is 654 g/mol. The van der Waals surface area contributed by atoms with Crippen molar-refractivity contribution in [3.05, 3.63) is 125 Å². The molecule has 3 aliphatic rings. The molecule has 3 aromatic carbocycles. The predicted molar refractivity (Wildman–Crippen MR) is 193 cm³/mol. The Kier molecular flexibility index (Phi) is 8.37. The highest BCUT2D eigenvalue weighted by molar-refractivity contribution is 7.17. The third-order valence-electron chi connectivity index (χ3n) is 9.77. The van der Waals surface area contributed by atoms with E-state index in [-0.39, 0.29) is 28.8 Å². The van der Waals surface area contributed by atoms with Gasteiger partial charge in [-0.3, -0.25) is 14.4 Å². The van der Waals surface area contributed by atoms with Gasteiger partial charge >= 0.3 is 0 Å². The second-order valence-electron chi connectivity index (χ2n) is 13.0. The van der Waals surface area contributed by atoms with E-state index in [1.807, 2.05) is 30.3 Å². The van der Waals surface area contributed by atoms with Gasteiger partial charge in [0.1, 0.15) is 11.6 Å². The van der Waals surface area contributed by atoms with Crippen LogP contribution in [0.5, 0.6) is 0 Å². The largest absolute Gasteiger partial charge is 0.381 e. The molecule has 2 aromatic heterocycles. The molecular formula is C39H34FN5O4S. The molecule has 9 nitrogen and oxygen atoms in total. The van der Waals surface area contributed by atoms with Gasteiger partial charge in [0.05, 0.1) is 21.8 Å². The highest BCUT2D eigenvalue weighted by Crippen LogP contribution is 2.43. The topological polar surface area (TPSA) is 104 Å². The van der Waals surface area contributed by atoms with Gasteiger partial charge in [-0.05, 0) is 85.5 Å². The van der Waals surface area contributed by atoms with Crippen LogP contribution in [0.3, 0.4) is 0 Å². The number of nitrogens with zero attached hydrogens (tertiary/aromatic N) is 3. The summed E-state index contributed by atoms with van der Waals surface area (Å²) in [6.07, 6.45) is 4.30. The predicted octanol–water partition coefficient (Wildman–Crippen LogP) is 7.27. The van der Waals surface area contributed by atoms with E-state index < -0.39 is 5.82 Å². The number of rotatable bonds is 6. The first-order valence-electron chi connectivity index (χ1n) is 16.7. The van der Waals surface area contributed by atoms with Crippen LogP contribution in [0.2, 0.25) is 0 Å². The molecule has 2 N–H and O–H groups in total. The lowest BCUT2D eigenvalue weighted by Gasteiger charge is -2.53. The summed E-state index contributed by atoms with van der Waals surface area (Å²) in [5, 5.41) is 5.65. The Hall–Kier alpha value is -5.39. The fourth-order valence-electron chi connectivity index (χ4n) is 7.08. The molecule has 5 aromatic rings. The summed E-state index contributed by atoms with van der Waals surface area (Å²) >= 11 is 1.33. The van der Waals surface area contributed by atoms with E-state index in [4.69, 9.17) is 4.74 Å². The van der Waals surface area contributed by atoms with Crippen molar-refractivity contribution in [1.29, 1.82) is 0 Å². The molecule has 1 spiro atoms. The Balaban J connectivity index is 0.966. The molecule has 2 fully saturated rings. The van der Waals surface area contributed by atoms with Crippen LogP contribution >= 0.6 is 11.3 Å². The zero-order chi connectivity index (χ0) is 34.2. The maximum Gasteiger partial charge on any atom is 0.265 e. The van der Waals surface area contributed by atoms with Crippen molar-refractivity contribution < 1.29 is 23.5 Å². The normalized spacial score (nSPS) is 16.1. The minimum Gasteiger partial charge on any atom is -0.381 e. The van der Waals surface area contributed by atoms with Crippen molar-refractivity contribution in [2.75, 3.05) is 53.3 Å². The maximum atomic E-state index is 14.2. The fraction of sp³-hybridized carbons (Fsp3) is 0.231. The van der Waals surface area contributed by atoms with Crippen molar-refractivity contribution in [3.8, 4) is 10.4 Å². The van der Waals surface area contributed by atoms with Gasteiger partial charge in [0.2, 0.25) is 0 Å². The highest BCUT2D eigenvalue weighted by Gasteiger charge is 2.45. The van der Waals surface area contributed by atoms with Crippen molar-refractivity contribution in [2.24, 2.45) is 5.41 Å². The fourth-order valence-corrected chi connectivity index (χ4v) is 8.22. The van der Waals surface area contributed by atoms with Crippen LogP contribution < -0.4 is 20.4 Å². The number of nitrogens with one attached hydrogen (secondary N) is 2. The standard InChI is InChI=1S/C39H34FN5O4S/c40-30-8-2-3-9-31(30)43-37(47)33-22-26-15-19-45(32-10-4-1-6-28(32)34(26)50-33)38(48)25-11-13-27(14-12-25)42-36(46)29-7-5-18-41-35(29)44-23-39(24-44)16-20-49-21-17-39/h1-14,18,22H,15-17,19-21,23-24H2,(H,42,46)(H,43,47). The number of carbonyl (C=O) groups is 3. The first-order valence-corrected chi connectivity index (χ1v) is 17.5. The SMILES string of the molecule is O=C(Nc1ccccc1F)c1cc2c(s1)-c1ccccc1N(C(=O)c1ccc(NC(=O)c3cccnc3N3CC4(CCOCC4)C3)cc1)CC2. The lowest BCUT2D eigenvalue weighted by Crippen LogP contribution is -2.59. The van der Waals surface area contributed by atoms with E-state index in [1.165, 1.54) is 23.5 Å². The van der Waals surface area contributed by atoms with Crippen LogP contribution in [0.1, 0.15) is 48.8 Å². The quantitative estimate of drug-likeness (QED) is 0.195. The maximum absolute atomic E-state index is 14.2. The minimum atomic E-state index is -0.498. The summed E-state index contributed by atoms with van der Waals surface area (Å²) in [5.41, 5.74) is 4.49. The lowest BCUT2D eigenvalue weighted by molar-refractivity contribution is -0.000510. The number of thiophene rings is 1. The first-order chi connectivity index (χ1) is 24.4. The number of benzene rings is 3. The number of aromatic nitrogens is 1. The average Bonchev–Trinajstić information content (AvgIpc) is 3.50.